The van der Waals surface area contributed by atoms with E-state index >= 15 is 0 Å². The third kappa shape index (κ3) is 1.58. The van der Waals surface area contributed by atoms with E-state index in [9.17, 15) is 0 Å². The number of nitrogen functional groups attached to an aromatic ring is 1. The Balaban J connectivity index is 3.20. The average molecular weight is 166 g/mol. The van der Waals surface area contributed by atoms with Crippen molar-refractivity contribution >= 4 is 0 Å². The van der Waals surface area contributed by atoms with Crippen molar-refractivity contribution < 1.29 is 0 Å². The first-order valence-corrected chi connectivity index (χ1v) is 3.86. The third-order valence-electron chi connectivity index (χ3n) is 1.78. The second-order valence-corrected chi connectivity index (χ2v) is 3.01. The van der Waals surface area contributed by atoms with Crippen LogP contribution in [0.25, 0.3) is 0 Å². The first-order chi connectivity index (χ1) is 5.65. The van der Waals surface area contributed by atoms with Crippen LogP contribution in [0, 0.1) is 0 Å². The highest BCUT2D eigenvalue weighted by Gasteiger charge is 1.98. The monoisotopic (exact) mass is 166 g/mol. The van der Waals surface area contributed by atoms with E-state index in [0.717, 1.165) is 0 Å². The summed E-state index contributed by atoms with van der Waals surface area (Å²) >= 11 is 0. The van der Waals surface area contributed by atoms with Gasteiger partial charge in [0.25, 0.3) is 0 Å². The lowest BCUT2D eigenvalue weighted by Crippen LogP contribution is -2.28. The van der Waals surface area contributed by atoms with Crippen molar-refractivity contribution in [2.75, 3.05) is 5.84 Å². The maximum atomic E-state index is 5.61. The Hall–Kier alpha value is -1.45. The van der Waals surface area contributed by atoms with Gasteiger partial charge in [-0.3, -0.25) is 4.68 Å². The van der Waals surface area contributed by atoms with Crippen molar-refractivity contribution in [1.82, 2.24) is 4.68 Å². The van der Waals surface area contributed by atoms with Gasteiger partial charge in [-0.2, -0.15) is 5.10 Å². The Labute approximate surface area is 71.5 Å². The van der Waals surface area contributed by atoms with E-state index < -0.39 is 0 Å². The topological polar surface area (TPSA) is 69.3 Å². The molecule has 0 amide bonds. The van der Waals surface area contributed by atoms with Gasteiger partial charge in [0.2, 0.25) is 0 Å². The van der Waals surface area contributed by atoms with Crippen molar-refractivity contribution in [3.05, 3.63) is 29.4 Å². The highest BCUT2D eigenvalue weighted by Crippen LogP contribution is 2.10. The number of nitrogens with two attached hydrogens (primary N) is 2. The molecule has 1 heterocycles. The van der Waals surface area contributed by atoms with Crippen LogP contribution in [-0.4, -0.2) is 4.68 Å². The highest BCUT2D eigenvalue weighted by atomic mass is 15.3. The Morgan fingerprint density at radius 1 is 1.42 bits per heavy atom. The molecular weight excluding hydrogens is 152 g/mol. The highest BCUT2D eigenvalue weighted by molar-refractivity contribution is 5.13. The van der Waals surface area contributed by atoms with Gasteiger partial charge in [0.05, 0.1) is 0 Å². The Bertz CT molecular complexity index is 324. The normalized spacial score (nSPS) is 12.4. The van der Waals surface area contributed by atoms with Crippen LogP contribution in [-0.2, 0) is 0 Å². The summed E-state index contributed by atoms with van der Waals surface area (Å²) in [7, 11) is 0. The van der Waals surface area contributed by atoms with Gasteiger partial charge in [-0.15, -0.1) is 0 Å². The molecule has 1 aromatic rings. The molecule has 4 heteroatoms. The second kappa shape index (κ2) is 3.30. The molecule has 0 atom stereocenters. The van der Waals surface area contributed by atoms with E-state index in [1.54, 1.807) is 6.07 Å². The minimum absolute atomic E-state index is 0.464. The Morgan fingerprint density at radius 3 is 2.50 bits per heavy atom. The summed E-state index contributed by atoms with van der Waals surface area (Å²) in [5, 5.41) is 3.51. The van der Waals surface area contributed by atoms with Crippen LogP contribution in [0.15, 0.2) is 23.4 Å². The fraction of sp³-hybridized carbons (Fsp3) is 0.375. The molecule has 0 unspecified atom stereocenters. The van der Waals surface area contributed by atoms with Gasteiger partial charge in [0, 0.05) is 6.20 Å². The lowest BCUT2D eigenvalue weighted by Gasteiger charge is -2.06. The van der Waals surface area contributed by atoms with Gasteiger partial charge in [-0.05, 0) is 17.5 Å². The summed E-state index contributed by atoms with van der Waals surface area (Å²) in [6.45, 7) is 4.21. The van der Waals surface area contributed by atoms with Crippen LogP contribution >= 0.6 is 0 Å². The zero-order valence-electron chi connectivity index (χ0n) is 7.36. The maximum absolute atomic E-state index is 5.61. The molecule has 4 N–H and O–H groups in total. The number of nitrogens with zero attached hydrogens (tertiary/aromatic N) is 2. The Morgan fingerprint density at radius 2 is 2.08 bits per heavy atom. The number of pyridine rings is 1. The number of aromatic nitrogens is 1. The third-order valence-corrected chi connectivity index (χ3v) is 1.78. The predicted octanol–water partition coefficient (Wildman–Crippen LogP) is 0.0997. The second-order valence-electron chi connectivity index (χ2n) is 3.01. The number of rotatable bonds is 1. The van der Waals surface area contributed by atoms with Crippen molar-refractivity contribution in [3.63, 3.8) is 0 Å². The first kappa shape index (κ1) is 8.64. The van der Waals surface area contributed by atoms with Gasteiger partial charge in [0.1, 0.15) is 0 Å². The summed E-state index contributed by atoms with van der Waals surface area (Å²) in [5.74, 6) is 11.2. The molecule has 0 saturated carbocycles. The first-order valence-electron chi connectivity index (χ1n) is 3.86. The zero-order valence-corrected chi connectivity index (χ0v) is 7.36. The molecule has 0 bridgehead atoms. The van der Waals surface area contributed by atoms with E-state index in [1.165, 1.54) is 10.2 Å². The van der Waals surface area contributed by atoms with Gasteiger partial charge >= 0.3 is 0 Å². The molecule has 0 aromatic carbocycles. The zero-order chi connectivity index (χ0) is 9.14. The largest absolute Gasteiger partial charge is 0.338 e. The minimum atomic E-state index is 0.464. The molecule has 0 fully saturated rings. The van der Waals surface area contributed by atoms with Crippen LogP contribution in [0.3, 0.4) is 0 Å². The molecule has 0 saturated heterocycles. The van der Waals surface area contributed by atoms with Crippen molar-refractivity contribution in [2.45, 2.75) is 19.8 Å². The van der Waals surface area contributed by atoms with Gasteiger partial charge in [0.15, 0.2) is 5.49 Å². The van der Waals surface area contributed by atoms with Gasteiger partial charge in [-0.1, -0.05) is 19.9 Å². The van der Waals surface area contributed by atoms with Crippen molar-refractivity contribution in [1.29, 1.82) is 0 Å². The summed E-state index contributed by atoms with van der Waals surface area (Å²) in [6.07, 6.45) is 1.83. The molecule has 66 valence electrons. The lowest BCUT2D eigenvalue weighted by atomic mass is 10.1. The van der Waals surface area contributed by atoms with Gasteiger partial charge < -0.3 is 11.7 Å². The summed E-state index contributed by atoms with van der Waals surface area (Å²) in [5.41, 5.74) is 1.74. The van der Waals surface area contributed by atoms with Crippen molar-refractivity contribution in [3.8, 4) is 0 Å². The maximum Gasteiger partial charge on any atom is 0.170 e. The predicted molar refractivity (Wildman–Crippen MR) is 48.4 cm³/mol. The average Bonchev–Trinajstić information content (AvgIpc) is 2.04. The van der Waals surface area contributed by atoms with Gasteiger partial charge in [-0.25, -0.2) is 0 Å². The molecule has 1 rings (SSSR count). The molecule has 0 radical (unpaired) electrons. The van der Waals surface area contributed by atoms with E-state index in [2.05, 4.69) is 18.9 Å². The molecule has 0 aliphatic heterocycles. The molecule has 0 aliphatic carbocycles. The van der Waals surface area contributed by atoms with E-state index in [0.29, 0.717) is 11.4 Å². The van der Waals surface area contributed by atoms with Crippen molar-refractivity contribution in [2.24, 2.45) is 10.9 Å². The minimum Gasteiger partial charge on any atom is -0.338 e. The summed E-state index contributed by atoms with van der Waals surface area (Å²) < 4.78 is 1.43. The van der Waals surface area contributed by atoms with Crippen LogP contribution < -0.4 is 17.2 Å². The quantitative estimate of drug-likeness (QED) is 0.459. The standard InChI is InChI=1S/C8H14N4/c1-6(2)7-3-4-8(11-9)12(10)5-7/h3-6H,9-10H2,1-2H3/b11-8-. The molecule has 1 aromatic heterocycles. The van der Waals surface area contributed by atoms with E-state index in [4.69, 9.17) is 11.7 Å². The molecule has 0 spiro atoms. The molecule has 12 heavy (non-hydrogen) atoms. The summed E-state index contributed by atoms with van der Waals surface area (Å²) in [4.78, 5) is 0. The van der Waals surface area contributed by atoms with E-state index in [-0.39, 0.29) is 0 Å². The van der Waals surface area contributed by atoms with E-state index in [1.807, 2.05) is 12.3 Å². The number of hydrogen-bond acceptors (Lipinski definition) is 3. The molecule has 0 aliphatic rings. The SMILES string of the molecule is CC(C)c1cc/c(=N/N)n(N)c1. The van der Waals surface area contributed by atoms with Crippen LogP contribution in [0.5, 0.6) is 0 Å². The van der Waals surface area contributed by atoms with Crippen LogP contribution in [0.4, 0.5) is 0 Å². The fourth-order valence-corrected chi connectivity index (χ4v) is 0.978. The smallest absolute Gasteiger partial charge is 0.170 e. The Kier molecular flexibility index (Phi) is 2.38. The fourth-order valence-electron chi connectivity index (χ4n) is 0.978. The molecular formula is C8H14N4. The summed E-state index contributed by atoms with van der Waals surface area (Å²) in [6, 6.07) is 3.77. The lowest BCUT2D eigenvalue weighted by molar-refractivity contribution is 0.804. The molecule has 4 nitrogen and oxygen atoms in total. The number of hydrogen-bond donors (Lipinski definition) is 2. The van der Waals surface area contributed by atoms with Crippen LogP contribution in [0.1, 0.15) is 25.3 Å². The van der Waals surface area contributed by atoms with Crippen LogP contribution in [0.2, 0.25) is 0 Å².